The Hall–Kier alpha value is -2.93. The third-order valence-electron chi connectivity index (χ3n) is 3.76. The van der Waals surface area contributed by atoms with Crippen molar-refractivity contribution in [2.75, 3.05) is 0 Å². The molecule has 1 aromatic heterocycles. The maximum absolute atomic E-state index is 12.0. The van der Waals surface area contributed by atoms with Crippen LogP contribution in [0, 0.1) is 0 Å². The summed E-state index contributed by atoms with van der Waals surface area (Å²) >= 11 is 3.42. The molecule has 26 heavy (non-hydrogen) atoms. The second kappa shape index (κ2) is 7.53. The first kappa shape index (κ1) is 17.9. The highest BCUT2D eigenvalue weighted by Gasteiger charge is 2.10. The molecule has 0 amide bonds. The summed E-state index contributed by atoms with van der Waals surface area (Å²) in [5.41, 5.74) is 0.622. The minimum Gasteiger partial charge on any atom is -0.438 e. The first-order chi connectivity index (χ1) is 12.5. The molecule has 0 atom stereocenters. The van der Waals surface area contributed by atoms with Crippen molar-refractivity contribution in [3.05, 3.63) is 85.5 Å². The van der Waals surface area contributed by atoms with Crippen molar-refractivity contribution >= 4 is 27.8 Å². The number of para-hydroxylation sites is 2. The summed E-state index contributed by atoms with van der Waals surface area (Å²) in [4.78, 5) is 28.4. The molecule has 3 aromatic rings. The fraction of sp³-hybridized carbons (Fsp3) is 0.105. The van der Waals surface area contributed by atoms with Gasteiger partial charge in [-0.05, 0) is 29.8 Å². The molecule has 1 heterocycles. The second-order valence-electron chi connectivity index (χ2n) is 5.60. The van der Waals surface area contributed by atoms with Crippen LogP contribution < -0.4 is 16.0 Å². The van der Waals surface area contributed by atoms with E-state index in [-0.39, 0.29) is 5.88 Å². The van der Waals surface area contributed by atoms with Crippen molar-refractivity contribution in [1.82, 2.24) is 9.13 Å². The van der Waals surface area contributed by atoms with Gasteiger partial charge in [-0.2, -0.15) is 0 Å². The fourth-order valence-electron chi connectivity index (χ4n) is 2.30. The Balaban J connectivity index is 1.96. The van der Waals surface area contributed by atoms with Crippen LogP contribution in [0.1, 0.15) is 5.56 Å². The van der Waals surface area contributed by atoms with Crippen LogP contribution in [-0.4, -0.2) is 15.3 Å². The first-order valence-corrected chi connectivity index (χ1v) is 8.58. The number of ether oxygens (including phenoxy) is 1. The lowest BCUT2D eigenvalue weighted by atomic mass is 10.2. The van der Waals surface area contributed by atoms with Crippen LogP contribution in [0.5, 0.6) is 11.6 Å². The standard InChI is InChI=1S/C19H16BrN3O3/c1-22-17(24)11-18(23(2)19(22)25)26-16-9-4-3-8-15(16)21-12-13-6-5-7-14(20)10-13/h3-12H,1-2H3. The molecule has 0 radical (unpaired) electrons. The average Bonchev–Trinajstić information content (AvgIpc) is 2.63. The van der Waals surface area contributed by atoms with Crippen LogP contribution in [-0.2, 0) is 14.1 Å². The average molecular weight is 414 g/mol. The number of nitrogens with zero attached hydrogens (tertiary/aromatic N) is 3. The SMILES string of the molecule is Cn1c(Oc2ccccc2N=Cc2cccc(Br)c2)cc(=O)n(C)c1=O. The summed E-state index contributed by atoms with van der Waals surface area (Å²) in [7, 11) is 2.97. The van der Waals surface area contributed by atoms with Gasteiger partial charge in [0.05, 0.1) is 6.07 Å². The zero-order valence-electron chi connectivity index (χ0n) is 14.2. The highest BCUT2D eigenvalue weighted by Crippen LogP contribution is 2.30. The predicted molar refractivity (Wildman–Crippen MR) is 105 cm³/mol. The van der Waals surface area contributed by atoms with Crippen molar-refractivity contribution < 1.29 is 4.74 Å². The molecule has 0 unspecified atom stereocenters. The fourth-order valence-corrected chi connectivity index (χ4v) is 2.72. The number of hydrogen-bond acceptors (Lipinski definition) is 4. The van der Waals surface area contributed by atoms with Gasteiger partial charge in [-0.15, -0.1) is 0 Å². The van der Waals surface area contributed by atoms with Gasteiger partial charge in [-0.1, -0.05) is 40.2 Å². The van der Waals surface area contributed by atoms with Crippen LogP contribution in [0.3, 0.4) is 0 Å². The Kier molecular flexibility index (Phi) is 5.18. The summed E-state index contributed by atoms with van der Waals surface area (Å²) in [5, 5.41) is 0. The lowest BCUT2D eigenvalue weighted by Gasteiger charge is -2.12. The van der Waals surface area contributed by atoms with Gasteiger partial charge < -0.3 is 4.74 Å². The van der Waals surface area contributed by atoms with Crippen molar-refractivity contribution in [3.63, 3.8) is 0 Å². The van der Waals surface area contributed by atoms with Crippen LogP contribution in [0.4, 0.5) is 5.69 Å². The van der Waals surface area contributed by atoms with Gasteiger partial charge in [-0.3, -0.25) is 18.9 Å². The minimum absolute atomic E-state index is 0.156. The van der Waals surface area contributed by atoms with Crippen molar-refractivity contribution in [2.24, 2.45) is 19.1 Å². The van der Waals surface area contributed by atoms with E-state index < -0.39 is 11.2 Å². The zero-order valence-corrected chi connectivity index (χ0v) is 15.8. The third kappa shape index (κ3) is 3.83. The van der Waals surface area contributed by atoms with Crippen LogP contribution in [0.15, 0.2) is 73.7 Å². The zero-order chi connectivity index (χ0) is 18.7. The predicted octanol–water partition coefficient (Wildman–Crippen LogP) is 3.39. The largest absolute Gasteiger partial charge is 0.438 e. The van der Waals surface area contributed by atoms with Crippen molar-refractivity contribution in [3.8, 4) is 11.6 Å². The lowest BCUT2D eigenvalue weighted by Crippen LogP contribution is -2.36. The summed E-state index contributed by atoms with van der Waals surface area (Å²) in [6.45, 7) is 0. The van der Waals surface area contributed by atoms with Gasteiger partial charge in [0, 0.05) is 24.8 Å². The Labute approximate surface area is 158 Å². The van der Waals surface area contributed by atoms with E-state index in [2.05, 4.69) is 20.9 Å². The molecule has 0 bridgehead atoms. The quantitative estimate of drug-likeness (QED) is 0.615. The minimum atomic E-state index is -0.456. The van der Waals surface area contributed by atoms with Crippen molar-refractivity contribution in [2.45, 2.75) is 0 Å². The molecular weight excluding hydrogens is 398 g/mol. The lowest BCUT2D eigenvalue weighted by molar-refractivity contribution is 0.424. The molecule has 0 N–H and O–H groups in total. The maximum atomic E-state index is 12.0. The number of hydrogen-bond donors (Lipinski definition) is 0. The van der Waals surface area contributed by atoms with E-state index in [0.717, 1.165) is 14.6 Å². The molecule has 6 nitrogen and oxygen atoms in total. The second-order valence-corrected chi connectivity index (χ2v) is 6.52. The number of aromatic nitrogens is 2. The van der Waals surface area contributed by atoms with E-state index in [1.165, 1.54) is 17.7 Å². The van der Waals surface area contributed by atoms with Gasteiger partial charge in [0.1, 0.15) is 5.69 Å². The van der Waals surface area contributed by atoms with Gasteiger partial charge >= 0.3 is 5.69 Å². The van der Waals surface area contributed by atoms with Gasteiger partial charge in [0.2, 0.25) is 5.88 Å². The van der Waals surface area contributed by atoms with Gasteiger partial charge in [0.25, 0.3) is 5.56 Å². The molecule has 0 saturated carbocycles. The van der Waals surface area contributed by atoms with Gasteiger partial charge in [-0.25, -0.2) is 4.79 Å². The number of rotatable bonds is 4. The Morgan fingerprint density at radius 1 is 1.00 bits per heavy atom. The first-order valence-electron chi connectivity index (χ1n) is 7.79. The maximum Gasteiger partial charge on any atom is 0.333 e. The molecule has 0 spiro atoms. The van der Waals surface area contributed by atoms with Crippen LogP contribution >= 0.6 is 15.9 Å². The molecule has 2 aromatic carbocycles. The summed E-state index contributed by atoms with van der Waals surface area (Å²) < 4.78 is 9.05. The van der Waals surface area contributed by atoms with E-state index in [4.69, 9.17) is 4.74 Å². The number of benzene rings is 2. The van der Waals surface area contributed by atoms with Crippen LogP contribution in [0.2, 0.25) is 0 Å². The molecule has 0 aliphatic heterocycles. The summed E-state index contributed by atoms with van der Waals surface area (Å²) in [5.74, 6) is 0.602. The topological polar surface area (TPSA) is 65.6 Å². The monoisotopic (exact) mass is 413 g/mol. The molecule has 7 heteroatoms. The Morgan fingerprint density at radius 2 is 1.77 bits per heavy atom. The molecule has 3 rings (SSSR count). The van der Waals surface area contributed by atoms with E-state index in [9.17, 15) is 9.59 Å². The highest BCUT2D eigenvalue weighted by atomic mass is 79.9. The molecule has 132 valence electrons. The molecule has 0 aliphatic rings. The van der Waals surface area contributed by atoms with Crippen LogP contribution in [0.25, 0.3) is 0 Å². The summed E-state index contributed by atoms with van der Waals surface area (Å²) in [6, 6.07) is 16.2. The van der Waals surface area contributed by atoms with E-state index in [1.807, 2.05) is 30.3 Å². The van der Waals surface area contributed by atoms with Gasteiger partial charge in [0.15, 0.2) is 5.75 Å². The number of halogens is 1. The Bertz CT molecular complexity index is 1100. The summed E-state index contributed by atoms with van der Waals surface area (Å²) in [6.07, 6.45) is 1.72. The van der Waals surface area contributed by atoms with E-state index >= 15 is 0 Å². The number of aliphatic imine (C=N–C) groups is 1. The molecule has 0 fully saturated rings. The smallest absolute Gasteiger partial charge is 0.333 e. The van der Waals surface area contributed by atoms with Crippen molar-refractivity contribution in [1.29, 1.82) is 0 Å². The normalized spacial score (nSPS) is 11.0. The third-order valence-corrected chi connectivity index (χ3v) is 4.26. The Morgan fingerprint density at radius 3 is 2.54 bits per heavy atom. The van der Waals surface area contributed by atoms with E-state index in [1.54, 1.807) is 31.5 Å². The molecule has 0 aliphatic carbocycles. The molecule has 0 saturated heterocycles. The molecular formula is C19H16BrN3O3. The highest BCUT2D eigenvalue weighted by molar-refractivity contribution is 9.10. The van der Waals surface area contributed by atoms with E-state index in [0.29, 0.717) is 11.4 Å².